The maximum Gasteiger partial charge on any atom is 0.255 e. The SMILES string of the molecule is CCOc1cc(/C=C(\C#N)c2nc3cc(C)c(C)cc3[nH]2)ccc1OCC(N)=O. The van der Waals surface area contributed by atoms with Crippen molar-refractivity contribution in [2.75, 3.05) is 13.2 Å². The van der Waals surface area contributed by atoms with Crippen LogP contribution in [0.25, 0.3) is 22.7 Å². The minimum atomic E-state index is -0.571. The number of nitriles is 1. The number of ether oxygens (including phenoxy) is 2. The van der Waals surface area contributed by atoms with Gasteiger partial charge < -0.3 is 20.2 Å². The van der Waals surface area contributed by atoms with Gasteiger partial charge in [-0.15, -0.1) is 0 Å². The highest BCUT2D eigenvalue weighted by Crippen LogP contribution is 2.30. The number of allylic oxidation sites excluding steroid dienone is 1. The summed E-state index contributed by atoms with van der Waals surface area (Å²) >= 11 is 0. The predicted molar refractivity (Wildman–Crippen MR) is 111 cm³/mol. The molecule has 0 fully saturated rings. The highest BCUT2D eigenvalue weighted by molar-refractivity contribution is 5.90. The van der Waals surface area contributed by atoms with Crippen LogP contribution in [-0.2, 0) is 4.79 Å². The van der Waals surface area contributed by atoms with Crippen molar-refractivity contribution in [1.29, 1.82) is 5.26 Å². The van der Waals surface area contributed by atoms with Crippen molar-refractivity contribution >= 4 is 28.6 Å². The van der Waals surface area contributed by atoms with Gasteiger partial charge in [-0.1, -0.05) is 6.07 Å². The van der Waals surface area contributed by atoms with Gasteiger partial charge in [-0.05, 0) is 67.8 Å². The summed E-state index contributed by atoms with van der Waals surface area (Å²) in [7, 11) is 0. The number of carbonyl (C=O) groups excluding carboxylic acids is 1. The second-order valence-electron chi connectivity index (χ2n) is 6.60. The number of fused-ring (bicyclic) bond motifs is 1. The van der Waals surface area contributed by atoms with E-state index >= 15 is 0 Å². The summed E-state index contributed by atoms with van der Waals surface area (Å²) in [5, 5.41) is 9.66. The van der Waals surface area contributed by atoms with Crippen LogP contribution in [0, 0.1) is 25.2 Å². The summed E-state index contributed by atoms with van der Waals surface area (Å²) in [6.45, 7) is 6.10. The maximum absolute atomic E-state index is 11.0. The van der Waals surface area contributed by atoms with E-state index in [4.69, 9.17) is 15.2 Å². The molecule has 3 N–H and O–H groups in total. The zero-order valence-electron chi connectivity index (χ0n) is 16.6. The summed E-state index contributed by atoms with van der Waals surface area (Å²) < 4.78 is 11.0. The molecule has 0 saturated carbocycles. The van der Waals surface area contributed by atoms with Crippen molar-refractivity contribution < 1.29 is 14.3 Å². The lowest BCUT2D eigenvalue weighted by Crippen LogP contribution is -2.20. The minimum Gasteiger partial charge on any atom is -0.490 e. The van der Waals surface area contributed by atoms with Crippen LogP contribution in [0.5, 0.6) is 11.5 Å². The standard InChI is InChI=1S/C22H22N4O3/c1-4-28-20-10-15(5-6-19(20)29-12-21(24)27)9-16(11-23)22-25-17-7-13(2)14(3)8-18(17)26-22/h5-10H,4,12H2,1-3H3,(H2,24,27)(H,25,26)/b16-9+. The fourth-order valence-corrected chi connectivity index (χ4v) is 2.87. The van der Waals surface area contributed by atoms with E-state index in [1.54, 1.807) is 24.3 Å². The number of amides is 1. The molecule has 7 nitrogen and oxygen atoms in total. The van der Waals surface area contributed by atoms with Gasteiger partial charge in [0.15, 0.2) is 18.1 Å². The second-order valence-corrected chi connectivity index (χ2v) is 6.60. The summed E-state index contributed by atoms with van der Waals surface area (Å²) in [6.07, 6.45) is 1.72. The first-order valence-electron chi connectivity index (χ1n) is 9.18. The molecule has 0 saturated heterocycles. The van der Waals surface area contributed by atoms with Gasteiger partial charge in [0, 0.05) is 0 Å². The van der Waals surface area contributed by atoms with Gasteiger partial charge in [0.25, 0.3) is 5.91 Å². The average molecular weight is 390 g/mol. The van der Waals surface area contributed by atoms with E-state index in [2.05, 4.69) is 16.0 Å². The Morgan fingerprint density at radius 3 is 2.66 bits per heavy atom. The minimum absolute atomic E-state index is 0.240. The number of aryl methyl sites for hydroxylation is 2. The molecule has 0 aliphatic rings. The molecule has 0 spiro atoms. The normalized spacial score (nSPS) is 11.3. The molecule has 1 amide bonds. The molecular formula is C22H22N4O3. The van der Waals surface area contributed by atoms with Crippen LogP contribution in [0.15, 0.2) is 30.3 Å². The number of nitrogens with zero attached hydrogens (tertiary/aromatic N) is 2. The number of hydrogen-bond acceptors (Lipinski definition) is 5. The van der Waals surface area contributed by atoms with Crippen molar-refractivity contribution in [3.8, 4) is 17.6 Å². The van der Waals surface area contributed by atoms with Crippen molar-refractivity contribution in [3.63, 3.8) is 0 Å². The van der Waals surface area contributed by atoms with Gasteiger partial charge in [-0.2, -0.15) is 5.26 Å². The number of primary amides is 1. The smallest absolute Gasteiger partial charge is 0.255 e. The molecule has 7 heteroatoms. The number of carbonyl (C=O) groups is 1. The predicted octanol–water partition coefficient (Wildman–Crippen LogP) is 3.51. The van der Waals surface area contributed by atoms with E-state index in [9.17, 15) is 10.1 Å². The van der Waals surface area contributed by atoms with E-state index in [0.717, 1.165) is 27.7 Å². The highest BCUT2D eigenvalue weighted by Gasteiger charge is 2.11. The molecule has 1 aromatic heterocycles. The van der Waals surface area contributed by atoms with E-state index in [1.165, 1.54) is 0 Å². The van der Waals surface area contributed by atoms with Gasteiger partial charge in [0.1, 0.15) is 11.9 Å². The van der Waals surface area contributed by atoms with Gasteiger partial charge >= 0.3 is 0 Å². The summed E-state index contributed by atoms with van der Waals surface area (Å²) in [4.78, 5) is 18.7. The first-order valence-corrected chi connectivity index (χ1v) is 9.18. The van der Waals surface area contributed by atoms with Crippen LogP contribution in [-0.4, -0.2) is 29.1 Å². The molecule has 0 unspecified atom stereocenters. The van der Waals surface area contributed by atoms with E-state index in [1.807, 2.05) is 32.9 Å². The molecule has 0 aliphatic heterocycles. The number of imidazole rings is 1. The molecular weight excluding hydrogens is 368 g/mol. The zero-order valence-corrected chi connectivity index (χ0v) is 16.6. The molecule has 0 radical (unpaired) electrons. The lowest BCUT2D eigenvalue weighted by Gasteiger charge is -2.11. The third-order valence-corrected chi connectivity index (χ3v) is 4.42. The van der Waals surface area contributed by atoms with Gasteiger partial charge in [-0.3, -0.25) is 4.79 Å². The first kappa shape index (κ1) is 20.0. The topological polar surface area (TPSA) is 114 Å². The highest BCUT2D eigenvalue weighted by atomic mass is 16.5. The van der Waals surface area contributed by atoms with Crippen LogP contribution >= 0.6 is 0 Å². The lowest BCUT2D eigenvalue weighted by molar-refractivity contribution is -0.119. The molecule has 148 valence electrons. The number of aromatic nitrogens is 2. The molecule has 0 aliphatic carbocycles. The third-order valence-electron chi connectivity index (χ3n) is 4.42. The monoisotopic (exact) mass is 390 g/mol. The molecule has 3 rings (SSSR count). The number of nitrogens with one attached hydrogen (secondary N) is 1. The number of nitrogens with two attached hydrogens (primary N) is 1. The Morgan fingerprint density at radius 2 is 1.97 bits per heavy atom. The average Bonchev–Trinajstić information content (AvgIpc) is 3.08. The lowest BCUT2D eigenvalue weighted by atomic mass is 10.1. The Labute approximate surface area is 168 Å². The number of benzene rings is 2. The van der Waals surface area contributed by atoms with Crippen LogP contribution in [0.3, 0.4) is 0 Å². The molecule has 0 bridgehead atoms. The van der Waals surface area contributed by atoms with Gasteiger partial charge in [-0.25, -0.2) is 4.98 Å². The molecule has 29 heavy (non-hydrogen) atoms. The fraction of sp³-hybridized carbons (Fsp3) is 0.227. The quantitative estimate of drug-likeness (QED) is 0.599. The van der Waals surface area contributed by atoms with Crippen LogP contribution in [0.4, 0.5) is 0 Å². The molecule has 0 atom stereocenters. The Hall–Kier alpha value is -3.79. The van der Waals surface area contributed by atoms with Crippen LogP contribution < -0.4 is 15.2 Å². The number of hydrogen-bond donors (Lipinski definition) is 2. The second kappa shape index (κ2) is 8.48. The van der Waals surface area contributed by atoms with Crippen LogP contribution in [0.2, 0.25) is 0 Å². The first-order chi connectivity index (χ1) is 13.9. The zero-order chi connectivity index (χ0) is 21.0. The van der Waals surface area contributed by atoms with Crippen molar-refractivity contribution in [2.24, 2.45) is 5.73 Å². The van der Waals surface area contributed by atoms with Gasteiger partial charge in [0.05, 0.1) is 23.2 Å². The van der Waals surface area contributed by atoms with E-state index in [-0.39, 0.29) is 6.61 Å². The summed E-state index contributed by atoms with van der Waals surface area (Å²) in [5.74, 6) is 0.810. The molecule has 3 aromatic rings. The summed E-state index contributed by atoms with van der Waals surface area (Å²) in [6, 6.07) is 11.4. The van der Waals surface area contributed by atoms with Gasteiger partial charge in [0.2, 0.25) is 0 Å². The Bertz CT molecular complexity index is 1100. The number of rotatable bonds is 7. The summed E-state index contributed by atoms with van der Waals surface area (Å²) in [5.41, 5.74) is 10.3. The molecule has 1 heterocycles. The number of H-pyrrole nitrogens is 1. The van der Waals surface area contributed by atoms with Crippen LogP contribution in [0.1, 0.15) is 29.4 Å². The Kier molecular flexibility index (Phi) is 5.84. The Morgan fingerprint density at radius 1 is 1.21 bits per heavy atom. The fourth-order valence-electron chi connectivity index (χ4n) is 2.87. The Balaban J connectivity index is 1.97. The van der Waals surface area contributed by atoms with E-state index < -0.39 is 5.91 Å². The largest absolute Gasteiger partial charge is 0.490 e. The molecule has 2 aromatic carbocycles. The third kappa shape index (κ3) is 4.55. The van der Waals surface area contributed by atoms with Crippen molar-refractivity contribution in [1.82, 2.24) is 9.97 Å². The van der Waals surface area contributed by atoms with E-state index in [0.29, 0.717) is 29.5 Å². The van der Waals surface area contributed by atoms with Crippen molar-refractivity contribution in [2.45, 2.75) is 20.8 Å². The maximum atomic E-state index is 11.0. The van der Waals surface area contributed by atoms with Crippen molar-refractivity contribution in [3.05, 3.63) is 52.8 Å². The number of aromatic amines is 1.